The van der Waals surface area contributed by atoms with Crippen molar-refractivity contribution in [1.29, 1.82) is 0 Å². The fraction of sp³-hybridized carbons (Fsp3) is 0.409. The minimum Gasteiger partial charge on any atom is -0.484 e. The maximum Gasteiger partial charge on any atom is 0.260 e. The molecule has 0 spiro atoms. The molecule has 0 radical (unpaired) electrons. The van der Waals surface area contributed by atoms with Crippen LogP contribution in [-0.4, -0.2) is 36.7 Å². The van der Waals surface area contributed by atoms with Gasteiger partial charge in [0.1, 0.15) is 11.6 Å². The van der Waals surface area contributed by atoms with Crippen LogP contribution in [0, 0.1) is 19.7 Å². The van der Waals surface area contributed by atoms with Crippen LogP contribution in [0.25, 0.3) is 0 Å². The van der Waals surface area contributed by atoms with Crippen LogP contribution in [0.5, 0.6) is 5.75 Å². The molecule has 0 N–H and O–H groups in total. The van der Waals surface area contributed by atoms with Gasteiger partial charge in [-0.05, 0) is 56.0 Å². The number of carbonyl (C=O) groups is 1. The van der Waals surface area contributed by atoms with Crippen LogP contribution in [0.3, 0.4) is 0 Å². The molecular weight excluding hydrogens is 381 g/mol. The molecule has 1 aliphatic heterocycles. The summed E-state index contributed by atoms with van der Waals surface area (Å²) in [4.78, 5) is 14.5. The van der Waals surface area contributed by atoms with E-state index in [1.54, 1.807) is 23.1 Å². The van der Waals surface area contributed by atoms with Gasteiger partial charge in [0.25, 0.3) is 5.91 Å². The summed E-state index contributed by atoms with van der Waals surface area (Å²) in [6.45, 7) is 4.98. The minimum atomic E-state index is -0.322. The summed E-state index contributed by atoms with van der Waals surface area (Å²) in [6, 6.07) is 10.1. The maximum absolute atomic E-state index is 14.1. The number of amides is 1. The van der Waals surface area contributed by atoms with Crippen molar-refractivity contribution in [3.05, 3.63) is 63.9 Å². The predicted octanol–water partition coefficient (Wildman–Crippen LogP) is 4.68. The van der Waals surface area contributed by atoms with Crippen molar-refractivity contribution in [2.24, 2.45) is 0 Å². The SMILES string of the molecule is Cc1cc(OCC(=O)N(Cc2ccccc2F)CC2CCCO2)cc(C)c1Cl. The Morgan fingerprint density at radius 1 is 1.29 bits per heavy atom. The van der Waals surface area contributed by atoms with E-state index in [0.29, 0.717) is 29.5 Å². The lowest BCUT2D eigenvalue weighted by Crippen LogP contribution is -2.39. The van der Waals surface area contributed by atoms with Crippen molar-refractivity contribution in [1.82, 2.24) is 4.90 Å². The van der Waals surface area contributed by atoms with Crippen molar-refractivity contribution < 1.29 is 18.7 Å². The van der Waals surface area contributed by atoms with Gasteiger partial charge in [-0.15, -0.1) is 0 Å². The van der Waals surface area contributed by atoms with Gasteiger partial charge < -0.3 is 14.4 Å². The molecule has 2 aromatic carbocycles. The van der Waals surface area contributed by atoms with E-state index in [4.69, 9.17) is 21.1 Å². The van der Waals surface area contributed by atoms with Crippen molar-refractivity contribution in [3.63, 3.8) is 0 Å². The van der Waals surface area contributed by atoms with Crippen LogP contribution in [-0.2, 0) is 16.1 Å². The Morgan fingerprint density at radius 3 is 2.64 bits per heavy atom. The normalized spacial score (nSPS) is 16.2. The van der Waals surface area contributed by atoms with Crippen LogP contribution in [0.2, 0.25) is 5.02 Å². The molecule has 150 valence electrons. The number of halogens is 2. The highest BCUT2D eigenvalue weighted by Gasteiger charge is 2.24. The third-order valence-electron chi connectivity index (χ3n) is 4.89. The van der Waals surface area contributed by atoms with Gasteiger partial charge in [-0.2, -0.15) is 0 Å². The van der Waals surface area contributed by atoms with Gasteiger partial charge in [0.15, 0.2) is 6.61 Å². The number of benzene rings is 2. The molecule has 0 saturated carbocycles. The van der Waals surface area contributed by atoms with Crippen molar-refractivity contribution in [2.75, 3.05) is 19.8 Å². The molecule has 28 heavy (non-hydrogen) atoms. The quantitative estimate of drug-likeness (QED) is 0.671. The lowest BCUT2D eigenvalue weighted by Gasteiger charge is -2.26. The molecule has 0 aromatic heterocycles. The lowest BCUT2D eigenvalue weighted by atomic mass is 10.1. The Balaban J connectivity index is 1.69. The first-order valence-corrected chi connectivity index (χ1v) is 9.84. The molecular formula is C22H25ClFNO3. The van der Waals surface area contributed by atoms with E-state index in [0.717, 1.165) is 24.0 Å². The number of hydrogen-bond donors (Lipinski definition) is 0. The predicted molar refractivity (Wildman–Crippen MR) is 107 cm³/mol. The smallest absolute Gasteiger partial charge is 0.260 e. The van der Waals surface area contributed by atoms with Crippen molar-refractivity contribution in [3.8, 4) is 5.75 Å². The highest BCUT2D eigenvalue weighted by Crippen LogP contribution is 2.26. The number of carbonyl (C=O) groups excluding carboxylic acids is 1. The second-order valence-electron chi connectivity index (χ2n) is 7.16. The van der Waals surface area contributed by atoms with Crippen molar-refractivity contribution in [2.45, 2.75) is 39.3 Å². The molecule has 3 rings (SSSR count). The van der Waals surface area contributed by atoms with Crippen LogP contribution in [0.1, 0.15) is 29.5 Å². The van der Waals surface area contributed by atoms with Gasteiger partial charge in [-0.25, -0.2) is 4.39 Å². The molecule has 0 bridgehead atoms. The van der Waals surface area contributed by atoms with Crippen molar-refractivity contribution >= 4 is 17.5 Å². The fourth-order valence-electron chi connectivity index (χ4n) is 3.35. The molecule has 0 aliphatic carbocycles. The first-order chi connectivity index (χ1) is 13.4. The first-order valence-electron chi connectivity index (χ1n) is 9.46. The highest BCUT2D eigenvalue weighted by molar-refractivity contribution is 6.32. The van der Waals surface area contributed by atoms with Gasteiger partial charge >= 0.3 is 0 Å². The monoisotopic (exact) mass is 405 g/mol. The summed E-state index contributed by atoms with van der Waals surface area (Å²) < 4.78 is 25.5. The molecule has 1 atom stereocenters. The van der Waals surface area contributed by atoms with E-state index in [1.807, 2.05) is 26.0 Å². The molecule has 1 unspecified atom stereocenters. The zero-order chi connectivity index (χ0) is 20.1. The van der Waals surface area contributed by atoms with E-state index >= 15 is 0 Å². The number of nitrogens with zero attached hydrogens (tertiary/aromatic N) is 1. The molecule has 1 aliphatic rings. The Hall–Kier alpha value is -2.11. The van der Waals surface area contributed by atoms with Gasteiger partial charge in [-0.3, -0.25) is 4.79 Å². The number of hydrogen-bond acceptors (Lipinski definition) is 3. The topological polar surface area (TPSA) is 38.8 Å². The molecule has 1 amide bonds. The Morgan fingerprint density at radius 2 is 2.00 bits per heavy atom. The third-order valence-corrected chi connectivity index (χ3v) is 5.49. The molecule has 2 aromatic rings. The van der Waals surface area contributed by atoms with E-state index in [9.17, 15) is 9.18 Å². The van der Waals surface area contributed by atoms with E-state index in [2.05, 4.69) is 0 Å². The van der Waals surface area contributed by atoms with E-state index < -0.39 is 0 Å². The first kappa shape index (κ1) is 20.6. The average Bonchev–Trinajstić information content (AvgIpc) is 3.18. The Bertz CT molecular complexity index is 813. The summed E-state index contributed by atoms with van der Waals surface area (Å²) >= 11 is 6.18. The third kappa shape index (κ3) is 5.24. The fourth-order valence-corrected chi connectivity index (χ4v) is 3.46. The molecule has 1 fully saturated rings. The number of rotatable bonds is 7. The average molecular weight is 406 g/mol. The summed E-state index contributed by atoms with van der Waals surface area (Å²) in [7, 11) is 0. The van der Waals surface area contributed by atoms with Crippen LogP contribution in [0.15, 0.2) is 36.4 Å². The molecule has 4 nitrogen and oxygen atoms in total. The van der Waals surface area contributed by atoms with Gasteiger partial charge in [0.2, 0.25) is 0 Å². The molecule has 1 heterocycles. The molecule has 1 saturated heterocycles. The zero-order valence-corrected chi connectivity index (χ0v) is 17.0. The second-order valence-corrected chi connectivity index (χ2v) is 7.54. The summed E-state index contributed by atoms with van der Waals surface area (Å²) in [6.07, 6.45) is 1.86. The second kappa shape index (κ2) is 9.39. The minimum absolute atomic E-state index is 0.0178. The van der Waals surface area contributed by atoms with E-state index in [1.165, 1.54) is 6.07 Å². The maximum atomic E-state index is 14.1. The Labute approximate surface area is 170 Å². The largest absolute Gasteiger partial charge is 0.484 e. The highest BCUT2D eigenvalue weighted by atomic mass is 35.5. The van der Waals surface area contributed by atoms with Gasteiger partial charge in [0.05, 0.1) is 6.10 Å². The van der Waals surface area contributed by atoms with Crippen LogP contribution >= 0.6 is 11.6 Å². The summed E-state index contributed by atoms with van der Waals surface area (Å²) in [5, 5.41) is 0.693. The van der Waals surface area contributed by atoms with E-state index in [-0.39, 0.29) is 31.0 Å². The zero-order valence-electron chi connectivity index (χ0n) is 16.2. The molecule has 6 heteroatoms. The van der Waals surface area contributed by atoms with Crippen LogP contribution in [0.4, 0.5) is 4.39 Å². The van der Waals surface area contributed by atoms with Crippen LogP contribution < -0.4 is 4.74 Å². The number of aryl methyl sites for hydroxylation is 2. The Kier molecular flexibility index (Phi) is 6.92. The van der Waals surface area contributed by atoms with Gasteiger partial charge in [-0.1, -0.05) is 29.8 Å². The van der Waals surface area contributed by atoms with Gasteiger partial charge in [0, 0.05) is 30.3 Å². The lowest BCUT2D eigenvalue weighted by molar-refractivity contribution is -0.135. The summed E-state index contributed by atoms with van der Waals surface area (Å²) in [5.41, 5.74) is 2.27. The standard InChI is InChI=1S/C22H25ClFNO3/c1-15-10-19(11-16(2)22(15)23)28-14-21(26)25(13-18-7-5-9-27-18)12-17-6-3-4-8-20(17)24/h3-4,6,8,10-11,18H,5,7,9,12-14H2,1-2H3. The number of ether oxygens (including phenoxy) is 2. The summed E-state index contributed by atoms with van der Waals surface area (Å²) in [5.74, 6) is 0.0669.